The second kappa shape index (κ2) is 40.8. The number of halogens is 3. The summed E-state index contributed by atoms with van der Waals surface area (Å²) in [7, 11) is 0. The molecule has 6 aliphatic rings. The first-order valence-electron chi connectivity index (χ1n) is 38.9. The summed E-state index contributed by atoms with van der Waals surface area (Å²) >= 11 is 15.5. The number of amides is 6. The van der Waals surface area contributed by atoms with Gasteiger partial charge in [-0.25, -0.2) is 0 Å². The van der Waals surface area contributed by atoms with Gasteiger partial charge in [0.25, 0.3) is 17.7 Å². The maximum atomic E-state index is 13.6. The van der Waals surface area contributed by atoms with E-state index < -0.39 is 0 Å². The van der Waals surface area contributed by atoms with E-state index in [0.717, 1.165) is 129 Å². The Morgan fingerprint density at radius 1 is 0.495 bits per heavy atom. The Hall–Kier alpha value is -5.74. The molecule has 11 rings (SSSR count). The lowest BCUT2D eigenvalue weighted by Gasteiger charge is -2.35. The number of hydrogen-bond donors (Lipinski definition) is 8. The number of nitrogens with one attached hydrogen (secondary N) is 6. The highest BCUT2D eigenvalue weighted by Crippen LogP contribution is 2.36. The number of likely N-dealkylation sites (tertiary alicyclic amines) is 1. The van der Waals surface area contributed by atoms with Gasteiger partial charge in [0.05, 0.1) is 28.2 Å². The highest BCUT2D eigenvalue weighted by molar-refractivity contribution is 9.10. The van der Waals surface area contributed by atoms with Crippen molar-refractivity contribution in [3.63, 3.8) is 0 Å². The summed E-state index contributed by atoms with van der Waals surface area (Å²) in [6.07, 6.45) is 17.8. The fraction of sp³-hybridized carbons (Fsp3) is 0.610. The second-order valence-electron chi connectivity index (χ2n) is 31.1. The minimum absolute atomic E-state index is 0.00331. The molecule has 2 aliphatic carbocycles. The maximum Gasteiger partial charge on any atom is 0.251 e. The number of rotatable bonds is 24. The van der Waals surface area contributed by atoms with E-state index in [1.807, 2.05) is 77.7 Å². The average Bonchev–Trinajstić information content (AvgIpc) is 1.25. The molecule has 4 aliphatic heterocycles. The molecule has 103 heavy (non-hydrogen) atoms. The zero-order valence-electron chi connectivity index (χ0n) is 62.2. The predicted molar refractivity (Wildman–Crippen MR) is 422 cm³/mol. The lowest BCUT2D eigenvalue weighted by molar-refractivity contribution is -0.134. The van der Waals surface area contributed by atoms with Gasteiger partial charge in [-0.2, -0.15) is 0 Å². The van der Waals surface area contributed by atoms with Crippen LogP contribution in [-0.2, 0) is 14.4 Å². The Bertz CT molecular complexity index is 3560. The number of carbonyl (C=O) groups excluding carboxylic acids is 6. The molecular weight excluding hydrogens is 1400 g/mol. The SMILES string of the molecule is CC1CC(C)CC(CN2CC[C@@H](CNC(=O)c3ccc(Cl)c(Cl)c3)N[C@@H](CCN)C2=O)C1.CC1CC(C)CC(CN2CC[C@@H](CNC(=O)c3ccc4ccccc4c3)N[C@@H](CCN)C2=O)C1.CCC(CC)CN1CC[C@@H](CNC(=O)c2ccc3cc(Br)ccc3c2)N[C@@H](CCN2CCCCC2)C1=O. The number of nitrogens with zero attached hydrogens (tertiary/aromatic N) is 4. The largest absolute Gasteiger partial charge is 0.350 e. The van der Waals surface area contributed by atoms with Crippen LogP contribution in [0.25, 0.3) is 21.5 Å². The summed E-state index contributed by atoms with van der Waals surface area (Å²) in [6.45, 7) is 24.0. The standard InChI is InChI=1S/C30H43BrN4O2.C28H40N4O2.C24H36Cl2N4O2/c1-3-22(4-2)21-35-17-12-27(33-28(30(35)37)13-16-34-14-6-5-7-15-34)20-32-29(36)25-9-8-24-19-26(31)11-10-23(24)18-25;1-19-13-20(2)15-21(14-19)18-32-12-10-25(31-26(9-11-29)28(32)34)17-30-27(33)24-8-7-22-5-3-4-6-23(22)16-24;1-15-9-16(2)11-17(10-15)14-30-8-6-19(29-22(5-7-27)24(30)32)13-28-23(31)18-3-4-20(25)21(26)12-18/h8-11,18-19,22,27-28,33H,3-7,12-17,20-21H2,1-2H3,(H,32,36);3-8,16,19-21,25-26,31H,9-15,17-18,29H2,1-2H3,(H,30,33);3-4,12,15-17,19,22,29H,5-11,13-14,27H2,1-2H3,(H,28,31)/t27-,28-;19?,20?,21?,25-,26-;15?,16?,17?,19-,22-/m000/s1. The second-order valence-corrected chi connectivity index (χ2v) is 32.8. The first-order valence-corrected chi connectivity index (χ1v) is 40.5. The van der Waals surface area contributed by atoms with Crippen LogP contribution in [0.15, 0.2) is 102 Å². The molecule has 6 fully saturated rings. The molecule has 0 aromatic heterocycles. The van der Waals surface area contributed by atoms with Crippen LogP contribution in [0.4, 0.5) is 0 Å². The van der Waals surface area contributed by atoms with E-state index >= 15 is 0 Å². The molecule has 10 atom stereocenters. The number of fused-ring (bicyclic) bond motifs is 2. The fourth-order valence-electron chi connectivity index (χ4n) is 17.0. The molecule has 564 valence electrons. The van der Waals surface area contributed by atoms with Crippen LogP contribution < -0.4 is 43.4 Å². The van der Waals surface area contributed by atoms with E-state index in [4.69, 9.17) is 34.7 Å². The topological polar surface area (TPSA) is 240 Å². The van der Waals surface area contributed by atoms with Crippen LogP contribution in [0, 0.1) is 41.4 Å². The zero-order chi connectivity index (χ0) is 73.5. The van der Waals surface area contributed by atoms with Crippen molar-refractivity contribution in [2.45, 2.75) is 187 Å². The molecule has 6 amide bonds. The maximum absolute atomic E-state index is 13.6. The highest BCUT2D eigenvalue weighted by Gasteiger charge is 2.37. The van der Waals surface area contributed by atoms with Gasteiger partial charge in [-0.05, 0) is 234 Å². The molecule has 0 radical (unpaired) electrons. The smallest absolute Gasteiger partial charge is 0.251 e. The number of hydrogen-bond acceptors (Lipinski definition) is 12. The highest BCUT2D eigenvalue weighted by atomic mass is 79.9. The number of carbonyl (C=O) groups is 6. The van der Waals surface area contributed by atoms with E-state index in [1.165, 1.54) is 57.8 Å². The van der Waals surface area contributed by atoms with Crippen molar-refractivity contribution in [2.24, 2.45) is 52.9 Å². The Morgan fingerprint density at radius 3 is 1.38 bits per heavy atom. The molecule has 10 N–H and O–H groups in total. The molecule has 4 saturated heterocycles. The van der Waals surface area contributed by atoms with E-state index in [-0.39, 0.29) is 71.7 Å². The van der Waals surface area contributed by atoms with Crippen molar-refractivity contribution >= 4 is 96.1 Å². The van der Waals surface area contributed by atoms with Crippen LogP contribution in [0.3, 0.4) is 0 Å². The summed E-state index contributed by atoms with van der Waals surface area (Å²) in [4.78, 5) is 87.3. The van der Waals surface area contributed by atoms with Crippen LogP contribution in [0.1, 0.15) is 182 Å². The molecule has 2 saturated carbocycles. The summed E-state index contributed by atoms with van der Waals surface area (Å²) in [5.41, 5.74) is 13.4. The van der Waals surface area contributed by atoms with E-state index in [0.29, 0.717) is 108 Å². The van der Waals surface area contributed by atoms with Crippen LogP contribution in [0.2, 0.25) is 10.0 Å². The lowest BCUT2D eigenvalue weighted by Crippen LogP contribution is -2.50. The van der Waals surface area contributed by atoms with E-state index in [1.54, 1.807) is 18.2 Å². The zero-order valence-corrected chi connectivity index (χ0v) is 65.3. The molecule has 0 spiro atoms. The first kappa shape index (κ1) is 81.3. The number of benzene rings is 5. The molecule has 5 aromatic carbocycles. The Morgan fingerprint density at radius 2 is 0.903 bits per heavy atom. The minimum atomic E-state index is -0.312. The third-order valence-corrected chi connectivity index (χ3v) is 23.6. The third-order valence-electron chi connectivity index (χ3n) is 22.4. The number of piperidine rings is 1. The quantitative estimate of drug-likeness (QED) is 0.0288. The van der Waals surface area contributed by atoms with Crippen LogP contribution in [0.5, 0.6) is 0 Å². The number of nitrogens with two attached hydrogens (primary N) is 2. The monoisotopic (exact) mass is 1520 g/mol. The average molecular weight is 1520 g/mol. The molecule has 5 aromatic rings. The molecule has 0 bridgehead atoms. The van der Waals surface area contributed by atoms with Gasteiger partial charge >= 0.3 is 0 Å². The lowest BCUT2D eigenvalue weighted by atomic mass is 9.76. The van der Waals surface area contributed by atoms with Gasteiger partial charge in [0, 0.05) is 105 Å². The summed E-state index contributed by atoms with van der Waals surface area (Å²) in [5.74, 6) is 4.74. The van der Waals surface area contributed by atoms with Crippen molar-refractivity contribution in [3.05, 3.63) is 128 Å². The van der Waals surface area contributed by atoms with Gasteiger partial charge in [0.1, 0.15) is 0 Å². The van der Waals surface area contributed by atoms with Gasteiger partial charge < -0.3 is 63.0 Å². The predicted octanol–water partition coefficient (Wildman–Crippen LogP) is 12.5. The third kappa shape index (κ3) is 24.7. The van der Waals surface area contributed by atoms with Crippen molar-refractivity contribution in [1.29, 1.82) is 0 Å². The Labute approximate surface area is 632 Å². The van der Waals surface area contributed by atoms with Crippen LogP contribution in [-0.4, -0.2) is 183 Å². The molecule has 18 nitrogen and oxygen atoms in total. The Kier molecular flexibility index (Phi) is 32.2. The van der Waals surface area contributed by atoms with Crippen molar-refractivity contribution in [1.82, 2.24) is 51.5 Å². The van der Waals surface area contributed by atoms with Gasteiger partial charge in [0.2, 0.25) is 17.7 Å². The summed E-state index contributed by atoms with van der Waals surface area (Å²) in [5, 5.41) is 24.9. The summed E-state index contributed by atoms with van der Waals surface area (Å²) < 4.78 is 1.03. The fourth-order valence-corrected chi connectivity index (χ4v) is 17.7. The first-order chi connectivity index (χ1) is 49.6. The van der Waals surface area contributed by atoms with Crippen molar-refractivity contribution < 1.29 is 28.8 Å². The van der Waals surface area contributed by atoms with Gasteiger partial charge in [-0.1, -0.05) is 142 Å². The molecule has 4 heterocycles. The summed E-state index contributed by atoms with van der Waals surface area (Å²) in [6, 6.07) is 29.9. The van der Waals surface area contributed by atoms with Gasteiger partial charge in [-0.3, -0.25) is 28.8 Å². The van der Waals surface area contributed by atoms with Crippen molar-refractivity contribution in [2.75, 3.05) is 91.6 Å². The van der Waals surface area contributed by atoms with Gasteiger partial charge in [0.15, 0.2) is 0 Å². The minimum Gasteiger partial charge on any atom is -0.350 e. The molecule has 21 heteroatoms. The normalized spacial score (nSPS) is 25.9. The van der Waals surface area contributed by atoms with E-state index in [9.17, 15) is 28.8 Å². The van der Waals surface area contributed by atoms with E-state index in [2.05, 4.69) is 110 Å². The van der Waals surface area contributed by atoms with Crippen LogP contribution >= 0.6 is 39.1 Å². The Balaban J connectivity index is 0.000000180. The van der Waals surface area contributed by atoms with Crippen molar-refractivity contribution in [3.8, 4) is 0 Å². The molecular formula is C82H119BrCl2N12O6. The van der Waals surface area contributed by atoms with Gasteiger partial charge in [-0.15, -0.1) is 0 Å². The molecule has 4 unspecified atom stereocenters.